The highest BCUT2D eigenvalue weighted by Crippen LogP contribution is 2.25. The molecule has 3 rings (SSSR count). The van der Waals surface area contributed by atoms with Crippen molar-refractivity contribution in [2.24, 2.45) is 0 Å². The van der Waals surface area contributed by atoms with Gasteiger partial charge >= 0.3 is 0 Å². The van der Waals surface area contributed by atoms with E-state index in [0.29, 0.717) is 0 Å². The molecule has 0 aliphatic heterocycles. The van der Waals surface area contributed by atoms with Crippen molar-refractivity contribution < 1.29 is 8.76 Å². The molecule has 24 heavy (non-hydrogen) atoms. The third-order valence-electron chi connectivity index (χ3n) is 3.83. The SMILES string of the molecule is O=S(O)C(C=Cc1ccccc1)c1ccc(-c2ccccc2)cc1. The normalized spacial score (nSPS) is 13.7. The Morgan fingerprint density at radius 2 is 1.29 bits per heavy atom. The molecule has 2 unspecified atom stereocenters. The van der Waals surface area contributed by atoms with Gasteiger partial charge in [-0.3, -0.25) is 0 Å². The van der Waals surface area contributed by atoms with Gasteiger partial charge in [-0.2, -0.15) is 0 Å². The zero-order valence-corrected chi connectivity index (χ0v) is 13.9. The minimum absolute atomic E-state index is 0.546. The Morgan fingerprint density at radius 1 is 0.750 bits per heavy atom. The largest absolute Gasteiger partial charge is 0.305 e. The zero-order chi connectivity index (χ0) is 16.8. The molecule has 0 aliphatic carbocycles. The Labute approximate surface area is 144 Å². The van der Waals surface area contributed by atoms with Crippen LogP contribution in [-0.2, 0) is 11.1 Å². The number of hydrogen-bond acceptors (Lipinski definition) is 1. The predicted octanol–water partition coefficient (Wildman–Crippen LogP) is 5.33. The highest BCUT2D eigenvalue weighted by Gasteiger charge is 2.14. The van der Waals surface area contributed by atoms with E-state index in [0.717, 1.165) is 22.3 Å². The molecular formula is C21H18O2S. The molecule has 0 amide bonds. The molecule has 0 aromatic heterocycles. The van der Waals surface area contributed by atoms with E-state index in [9.17, 15) is 8.76 Å². The first-order valence-electron chi connectivity index (χ1n) is 7.72. The van der Waals surface area contributed by atoms with Gasteiger partial charge in [0, 0.05) is 0 Å². The van der Waals surface area contributed by atoms with E-state index in [1.807, 2.05) is 91.0 Å². The van der Waals surface area contributed by atoms with E-state index in [1.165, 1.54) is 0 Å². The van der Waals surface area contributed by atoms with Gasteiger partial charge in [0.15, 0.2) is 11.1 Å². The van der Waals surface area contributed by atoms with E-state index in [4.69, 9.17) is 0 Å². The van der Waals surface area contributed by atoms with Gasteiger partial charge in [-0.1, -0.05) is 97.1 Å². The molecule has 2 nitrogen and oxygen atoms in total. The standard InChI is InChI=1S/C21H18O2S/c22-24(23)21(16-11-17-7-3-1-4-8-17)20-14-12-19(13-15-20)18-9-5-2-6-10-18/h1-16,21H,(H,22,23). The maximum absolute atomic E-state index is 11.7. The zero-order valence-electron chi connectivity index (χ0n) is 13.1. The van der Waals surface area contributed by atoms with E-state index in [2.05, 4.69) is 0 Å². The van der Waals surface area contributed by atoms with Gasteiger partial charge in [0.05, 0.1) is 0 Å². The lowest BCUT2D eigenvalue weighted by atomic mass is 10.0. The fourth-order valence-corrected chi connectivity index (χ4v) is 3.16. The fraction of sp³-hybridized carbons (Fsp3) is 0.0476. The fourth-order valence-electron chi connectivity index (χ4n) is 2.55. The average molecular weight is 334 g/mol. The van der Waals surface area contributed by atoms with Crippen LogP contribution >= 0.6 is 0 Å². The van der Waals surface area contributed by atoms with Crippen molar-refractivity contribution in [2.45, 2.75) is 5.25 Å². The third-order valence-corrected chi connectivity index (χ3v) is 4.69. The Kier molecular flexibility index (Phi) is 5.36. The van der Waals surface area contributed by atoms with E-state index in [1.54, 1.807) is 6.08 Å². The molecule has 0 heterocycles. The minimum Gasteiger partial charge on any atom is -0.305 e. The summed E-state index contributed by atoms with van der Waals surface area (Å²) in [5.74, 6) is 0. The third kappa shape index (κ3) is 4.07. The van der Waals surface area contributed by atoms with Gasteiger partial charge < -0.3 is 4.55 Å². The van der Waals surface area contributed by atoms with Crippen molar-refractivity contribution in [3.05, 3.63) is 102 Å². The summed E-state index contributed by atoms with van der Waals surface area (Å²) in [5.41, 5.74) is 4.05. The first-order valence-corrected chi connectivity index (χ1v) is 8.89. The van der Waals surface area contributed by atoms with Crippen molar-refractivity contribution in [3.8, 4) is 11.1 Å². The lowest BCUT2D eigenvalue weighted by Gasteiger charge is -2.10. The second-order valence-electron chi connectivity index (χ2n) is 5.45. The Hall–Kier alpha value is -2.49. The number of hydrogen-bond donors (Lipinski definition) is 1. The molecule has 0 saturated heterocycles. The molecule has 0 aliphatic rings. The average Bonchev–Trinajstić information content (AvgIpc) is 2.64. The molecule has 0 bridgehead atoms. The van der Waals surface area contributed by atoms with Gasteiger partial charge in [-0.05, 0) is 22.3 Å². The number of rotatable bonds is 5. The Balaban J connectivity index is 1.84. The summed E-state index contributed by atoms with van der Waals surface area (Å²) in [6.45, 7) is 0. The second-order valence-corrected chi connectivity index (χ2v) is 6.51. The van der Waals surface area contributed by atoms with Crippen LogP contribution in [-0.4, -0.2) is 8.76 Å². The molecule has 120 valence electrons. The monoisotopic (exact) mass is 334 g/mol. The van der Waals surface area contributed by atoms with Crippen molar-refractivity contribution >= 4 is 17.2 Å². The topological polar surface area (TPSA) is 37.3 Å². The van der Waals surface area contributed by atoms with Crippen molar-refractivity contribution in [1.82, 2.24) is 0 Å². The van der Waals surface area contributed by atoms with Gasteiger partial charge in [-0.15, -0.1) is 0 Å². The van der Waals surface area contributed by atoms with Crippen molar-refractivity contribution in [3.63, 3.8) is 0 Å². The maximum atomic E-state index is 11.7. The van der Waals surface area contributed by atoms with Gasteiger partial charge in [0.25, 0.3) is 0 Å². The van der Waals surface area contributed by atoms with Crippen LogP contribution in [0.4, 0.5) is 0 Å². The van der Waals surface area contributed by atoms with Crippen LogP contribution in [0.3, 0.4) is 0 Å². The molecule has 0 radical (unpaired) electrons. The predicted molar refractivity (Wildman–Crippen MR) is 101 cm³/mol. The number of benzene rings is 3. The summed E-state index contributed by atoms with van der Waals surface area (Å²) in [6, 6.07) is 27.6. The quantitative estimate of drug-likeness (QED) is 0.640. The molecule has 0 spiro atoms. The van der Waals surface area contributed by atoms with Crippen molar-refractivity contribution in [1.29, 1.82) is 0 Å². The summed E-state index contributed by atoms with van der Waals surface area (Å²) in [7, 11) is 0. The minimum atomic E-state index is -1.97. The summed E-state index contributed by atoms with van der Waals surface area (Å²) in [6.07, 6.45) is 3.66. The lowest BCUT2D eigenvalue weighted by Crippen LogP contribution is -2.02. The second kappa shape index (κ2) is 7.86. The van der Waals surface area contributed by atoms with Crippen LogP contribution in [0.15, 0.2) is 91.0 Å². The smallest absolute Gasteiger partial charge is 0.164 e. The summed E-state index contributed by atoms with van der Waals surface area (Å²) < 4.78 is 21.4. The van der Waals surface area contributed by atoms with Crippen LogP contribution in [0.1, 0.15) is 16.4 Å². The molecule has 3 aromatic carbocycles. The van der Waals surface area contributed by atoms with E-state index in [-0.39, 0.29) is 0 Å². The van der Waals surface area contributed by atoms with Crippen LogP contribution < -0.4 is 0 Å². The van der Waals surface area contributed by atoms with E-state index >= 15 is 0 Å². The molecule has 0 fully saturated rings. The van der Waals surface area contributed by atoms with Gasteiger partial charge in [0.2, 0.25) is 0 Å². The molecular weight excluding hydrogens is 316 g/mol. The summed E-state index contributed by atoms with van der Waals surface area (Å²) in [5, 5.41) is -0.546. The van der Waals surface area contributed by atoms with Crippen LogP contribution in [0.5, 0.6) is 0 Å². The van der Waals surface area contributed by atoms with Crippen LogP contribution in [0, 0.1) is 0 Å². The van der Waals surface area contributed by atoms with Crippen LogP contribution in [0.25, 0.3) is 17.2 Å². The van der Waals surface area contributed by atoms with Gasteiger partial charge in [0.1, 0.15) is 5.25 Å². The molecule has 2 atom stereocenters. The Morgan fingerprint density at radius 3 is 1.88 bits per heavy atom. The Bertz CT molecular complexity index is 825. The first kappa shape index (κ1) is 16.4. The first-order chi connectivity index (χ1) is 11.7. The van der Waals surface area contributed by atoms with Gasteiger partial charge in [-0.25, -0.2) is 4.21 Å². The highest BCUT2D eigenvalue weighted by atomic mass is 32.2. The molecule has 3 aromatic rings. The van der Waals surface area contributed by atoms with Crippen molar-refractivity contribution in [2.75, 3.05) is 0 Å². The summed E-state index contributed by atoms with van der Waals surface area (Å²) in [4.78, 5) is 0. The highest BCUT2D eigenvalue weighted by molar-refractivity contribution is 7.79. The molecule has 1 N–H and O–H groups in total. The lowest BCUT2D eigenvalue weighted by molar-refractivity contribution is 0.558. The van der Waals surface area contributed by atoms with E-state index < -0.39 is 16.3 Å². The summed E-state index contributed by atoms with van der Waals surface area (Å²) >= 11 is -1.97. The molecule has 0 saturated carbocycles. The molecule has 3 heteroatoms. The van der Waals surface area contributed by atoms with Crippen LogP contribution in [0.2, 0.25) is 0 Å². The maximum Gasteiger partial charge on any atom is 0.164 e.